The molecule has 1 aliphatic rings. The van der Waals surface area contributed by atoms with Gasteiger partial charge in [-0.15, -0.1) is 0 Å². The Morgan fingerprint density at radius 3 is 2.89 bits per heavy atom. The minimum Gasteiger partial charge on any atom is -0.376 e. The van der Waals surface area contributed by atoms with E-state index in [-0.39, 0.29) is 12.0 Å². The van der Waals surface area contributed by atoms with Gasteiger partial charge in [0.2, 0.25) is 0 Å². The predicted molar refractivity (Wildman–Crippen MR) is 37.8 cm³/mol. The molecule has 48 valence electrons. The maximum Gasteiger partial charge on any atom is 0.125 e. The molecule has 0 saturated heterocycles. The van der Waals surface area contributed by atoms with Gasteiger partial charge in [0.25, 0.3) is 0 Å². The molecule has 0 heterocycles. The maximum atomic E-state index is 9.18. The first-order chi connectivity index (χ1) is 4.20. The third-order valence-electron chi connectivity index (χ3n) is 1.54. The van der Waals surface area contributed by atoms with Gasteiger partial charge < -0.3 is 5.11 Å². The fraction of sp³-hybridized carbons (Fsp3) is 0.375. The number of rotatable bonds is 0. The number of hydrogen-bond donors (Lipinski definition) is 1. The molecule has 2 atom stereocenters. The Kier molecular flexibility index (Phi) is 1.63. The summed E-state index contributed by atoms with van der Waals surface area (Å²) in [5.41, 5.74) is 0.903. The lowest BCUT2D eigenvalue weighted by atomic mass is 9.92. The van der Waals surface area contributed by atoms with Crippen molar-refractivity contribution in [1.82, 2.24) is 0 Å². The van der Waals surface area contributed by atoms with Crippen LogP contribution in [0.4, 0.5) is 0 Å². The molecule has 1 heteroatoms. The molecule has 0 aliphatic heterocycles. The van der Waals surface area contributed by atoms with Gasteiger partial charge in [0.05, 0.1) is 6.42 Å². The summed E-state index contributed by atoms with van der Waals surface area (Å²) in [5, 5.41) is 9.18. The highest BCUT2D eigenvalue weighted by Gasteiger charge is 2.21. The molecule has 0 aromatic heterocycles. The van der Waals surface area contributed by atoms with Crippen LogP contribution in [0, 0.1) is 12.3 Å². The molecule has 0 amide bonds. The second kappa shape index (κ2) is 2.28. The zero-order chi connectivity index (χ0) is 6.85. The maximum absolute atomic E-state index is 9.18. The Bertz CT molecular complexity index is 147. The molecule has 1 rings (SSSR count). The first kappa shape index (κ1) is 6.43. The van der Waals surface area contributed by atoms with Crippen molar-refractivity contribution in [2.75, 3.05) is 0 Å². The van der Waals surface area contributed by atoms with Crippen LogP contribution in [0.25, 0.3) is 0 Å². The minimum atomic E-state index is -0.331. The summed E-state index contributed by atoms with van der Waals surface area (Å²) in [4.78, 5) is 0. The van der Waals surface area contributed by atoms with Gasteiger partial charge in [-0.1, -0.05) is 6.92 Å². The Balaban J connectivity index is 2.65. The number of aliphatic hydroxyl groups excluding tert-OH is 1. The summed E-state index contributed by atoms with van der Waals surface area (Å²) in [6, 6.07) is 0. The molecule has 0 bridgehead atoms. The smallest absolute Gasteiger partial charge is 0.125 e. The zero-order valence-electron chi connectivity index (χ0n) is 5.54. The van der Waals surface area contributed by atoms with Gasteiger partial charge in [-0.2, -0.15) is 0 Å². The van der Waals surface area contributed by atoms with Crippen LogP contribution in [0.3, 0.4) is 0 Å². The molecule has 0 spiro atoms. The van der Waals surface area contributed by atoms with Crippen LogP contribution in [-0.4, -0.2) is 11.2 Å². The van der Waals surface area contributed by atoms with Crippen LogP contribution in [0.15, 0.2) is 24.3 Å². The Hall–Kier alpha value is -0.690. The van der Waals surface area contributed by atoms with Crippen molar-refractivity contribution in [3.63, 3.8) is 0 Å². The van der Waals surface area contributed by atoms with E-state index in [0.717, 1.165) is 5.57 Å². The highest BCUT2D eigenvalue weighted by Crippen LogP contribution is 2.18. The number of allylic oxidation sites excluding steroid dienone is 1. The molecule has 0 aromatic carbocycles. The van der Waals surface area contributed by atoms with Crippen molar-refractivity contribution in [2.45, 2.75) is 13.0 Å². The van der Waals surface area contributed by atoms with E-state index >= 15 is 0 Å². The van der Waals surface area contributed by atoms with Gasteiger partial charge in [-0.3, -0.25) is 0 Å². The quantitative estimate of drug-likeness (QED) is 0.481. The minimum absolute atomic E-state index is 0.246. The second-order valence-corrected chi connectivity index (χ2v) is 2.45. The molecule has 1 nitrogen and oxygen atoms in total. The molecule has 0 aromatic rings. The first-order valence-electron chi connectivity index (χ1n) is 3.10. The molecular weight excluding hydrogens is 112 g/mol. The van der Waals surface area contributed by atoms with Gasteiger partial charge in [0.1, 0.15) is 11.7 Å². The summed E-state index contributed by atoms with van der Waals surface area (Å²) in [5.74, 6) is 0.246. The van der Waals surface area contributed by atoms with Gasteiger partial charge in [0.15, 0.2) is 0 Å². The molecule has 1 N–H and O–H groups in total. The molecule has 0 fully saturated rings. The standard InChI is InChI=1S/C8H11O/c1-6-3-4-7(2)8(9)5-6/h3-5,7-9H,1H2,2H3/q+1. The molecule has 1 aliphatic carbocycles. The van der Waals surface area contributed by atoms with E-state index < -0.39 is 0 Å². The van der Waals surface area contributed by atoms with E-state index in [2.05, 4.69) is 6.58 Å². The van der Waals surface area contributed by atoms with Crippen molar-refractivity contribution in [1.29, 1.82) is 0 Å². The van der Waals surface area contributed by atoms with Crippen molar-refractivity contribution in [2.24, 2.45) is 5.92 Å². The summed E-state index contributed by atoms with van der Waals surface area (Å²) >= 11 is 0. The van der Waals surface area contributed by atoms with Crippen molar-refractivity contribution >= 4 is 0 Å². The van der Waals surface area contributed by atoms with E-state index in [9.17, 15) is 5.11 Å². The third kappa shape index (κ3) is 1.36. The molecular formula is C8H11O+. The number of aliphatic hydroxyl groups is 1. The Labute approximate surface area is 55.7 Å². The van der Waals surface area contributed by atoms with E-state index in [1.807, 2.05) is 19.1 Å². The molecule has 0 radical (unpaired) electrons. The highest BCUT2D eigenvalue weighted by molar-refractivity contribution is 5.30. The summed E-state index contributed by atoms with van der Waals surface area (Å²) in [7, 11) is 0. The Morgan fingerprint density at radius 1 is 1.78 bits per heavy atom. The topological polar surface area (TPSA) is 20.2 Å². The fourth-order valence-electron chi connectivity index (χ4n) is 0.816. The summed E-state index contributed by atoms with van der Waals surface area (Å²) < 4.78 is 0. The fourth-order valence-corrected chi connectivity index (χ4v) is 0.816. The van der Waals surface area contributed by atoms with Gasteiger partial charge >= 0.3 is 0 Å². The zero-order valence-corrected chi connectivity index (χ0v) is 5.54. The summed E-state index contributed by atoms with van der Waals surface area (Å²) in [6.07, 6.45) is 5.33. The van der Waals surface area contributed by atoms with E-state index in [1.54, 1.807) is 6.42 Å². The van der Waals surface area contributed by atoms with Crippen LogP contribution < -0.4 is 0 Å². The van der Waals surface area contributed by atoms with Crippen molar-refractivity contribution in [3.8, 4) is 0 Å². The van der Waals surface area contributed by atoms with Gasteiger partial charge in [-0.25, -0.2) is 0 Å². The van der Waals surface area contributed by atoms with Gasteiger partial charge in [-0.05, 0) is 6.08 Å². The van der Waals surface area contributed by atoms with Crippen LogP contribution in [0.1, 0.15) is 6.92 Å². The largest absolute Gasteiger partial charge is 0.376 e. The lowest BCUT2D eigenvalue weighted by molar-refractivity contribution is 0.170. The first-order valence-corrected chi connectivity index (χ1v) is 3.10. The SMILES string of the molecule is C=C1C=CC(C)C(O)[CH+]1. The second-order valence-electron chi connectivity index (χ2n) is 2.45. The van der Waals surface area contributed by atoms with E-state index in [4.69, 9.17) is 0 Å². The van der Waals surface area contributed by atoms with Crippen LogP contribution in [0.2, 0.25) is 0 Å². The highest BCUT2D eigenvalue weighted by atomic mass is 16.3. The predicted octanol–water partition coefficient (Wildman–Crippen LogP) is 1.31. The van der Waals surface area contributed by atoms with Crippen LogP contribution >= 0.6 is 0 Å². The van der Waals surface area contributed by atoms with E-state index in [1.165, 1.54) is 0 Å². The lowest BCUT2D eigenvalue weighted by Crippen LogP contribution is -2.19. The summed E-state index contributed by atoms with van der Waals surface area (Å²) in [6.45, 7) is 5.67. The van der Waals surface area contributed by atoms with E-state index in [0.29, 0.717) is 0 Å². The van der Waals surface area contributed by atoms with Crippen LogP contribution in [-0.2, 0) is 0 Å². The monoisotopic (exact) mass is 123 g/mol. The molecule has 0 saturated carbocycles. The van der Waals surface area contributed by atoms with Crippen LogP contribution in [0.5, 0.6) is 0 Å². The Morgan fingerprint density at radius 2 is 2.44 bits per heavy atom. The lowest BCUT2D eigenvalue weighted by Gasteiger charge is -2.13. The van der Waals surface area contributed by atoms with Crippen molar-refractivity contribution < 1.29 is 5.11 Å². The van der Waals surface area contributed by atoms with Gasteiger partial charge in [0, 0.05) is 18.6 Å². The number of hydrogen-bond acceptors (Lipinski definition) is 1. The average Bonchev–Trinajstić information content (AvgIpc) is 1.80. The third-order valence-corrected chi connectivity index (χ3v) is 1.54. The van der Waals surface area contributed by atoms with Crippen molar-refractivity contribution in [3.05, 3.63) is 30.7 Å². The normalized spacial score (nSPS) is 34.2. The molecule has 9 heavy (non-hydrogen) atoms. The average molecular weight is 123 g/mol. The molecule has 2 unspecified atom stereocenters.